The Morgan fingerprint density at radius 1 is 0.469 bits per heavy atom. The first-order valence-corrected chi connectivity index (χ1v) is 23.9. The van der Waals surface area contributed by atoms with Crippen molar-refractivity contribution in [1.82, 2.24) is 0 Å². The quantitative estimate of drug-likeness (QED) is 0.149. The van der Waals surface area contributed by atoms with Gasteiger partial charge in [0.1, 0.15) is 0 Å². The van der Waals surface area contributed by atoms with Gasteiger partial charge in [-0.05, 0) is 132 Å². The summed E-state index contributed by atoms with van der Waals surface area (Å²) >= 11 is 0. The van der Waals surface area contributed by atoms with Gasteiger partial charge in [0, 0.05) is 33.5 Å². The monoisotopic (exact) mass is 833 g/mol. The predicted molar refractivity (Wildman–Crippen MR) is 270 cm³/mol. The molecule has 0 aromatic heterocycles. The summed E-state index contributed by atoms with van der Waals surface area (Å²) in [6.45, 7) is 31.8. The summed E-state index contributed by atoms with van der Waals surface area (Å²) in [6.07, 6.45) is 5.15. The van der Waals surface area contributed by atoms with Crippen LogP contribution in [-0.2, 0) is 27.1 Å². The lowest BCUT2D eigenvalue weighted by Crippen LogP contribution is -2.59. The van der Waals surface area contributed by atoms with E-state index in [2.05, 4.69) is 234 Å². The zero-order valence-electron chi connectivity index (χ0n) is 40.3. The topological polar surface area (TPSA) is 3.24 Å². The number of hydrogen-bond acceptors (Lipinski definition) is 1. The summed E-state index contributed by atoms with van der Waals surface area (Å²) in [6, 6.07) is 50.6. The van der Waals surface area contributed by atoms with Crippen molar-refractivity contribution in [1.29, 1.82) is 0 Å². The molecule has 5 aliphatic carbocycles. The van der Waals surface area contributed by atoms with Gasteiger partial charge in [0.05, 0.1) is 11.0 Å². The number of allylic oxidation sites excluding steroid dienone is 4. The molecule has 1 heteroatoms. The Labute approximate surface area is 382 Å². The maximum Gasteiger partial charge on any atom is 0.0908 e. The molecule has 0 bridgehead atoms. The van der Waals surface area contributed by atoms with Crippen molar-refractivity contribution < 1.29 is 0 Å². The van der Waals surface area contributed by atoms with Crippen LogP contribution in [-0.4, -0.2) is 5.54 Å². The zero-order chi connectivity index (χ0) is 44.9. The van der Waals surface area contributed by atoms with Crippen molar-refractivity contribution in [2.45, 2.75) is 123 Å². The van der Waals surface area contributed by atoms with E-state index in [0.29, 0.717) is 0 Å². The van der Waals surface area contributed by atoms with Gasteiger partial charge in [-0.3, -0.25) is 0 Å². The Hall–Kier alpha value is -5.66. The van der Waals surface area contributed by atoms with Gasteiger partial charge >= 0.3 is 0 Å². The first kappa shape index (κ1) is 39.9. The predicted octanol–water partition coefficient (Wildman–Crippen LogP) is 16.1. The molecule has 1 heterocycles. The molecule has 1 nitrogen and oxygen atoms in total. The van der Waals surface area contributed by atoms with Crippen LogP contribution in [0.15, 0.2) is 156 Å². The van der Waals surface area contributed by atoms with Crippen LogP contribution < -0.4 is 4.90 Å². The van der Waals surface area contributed by atoms with Gasteiger partial charge in [-0.25, -0.2) is 0 Å². The fourth-order valence-corrected chi connectivity index (χ4v) is 14.4. The summed E-state index contributed by atoms with van der Waals surface area (Å²) in [5.74, 6) is 0.153. The summed E-state index contributed by atoms with van der Waals surface area (Å²) in [5, 5.41) is 0. The van der Waals surface area contributed by atoms with Crippen molar-refractivity contribution in [3.8, 4) is 22.3 Å². The molecule has 6 aromatic carbocycles. The molecule has 6 aliphatic rings. The Balaban J connectivity index is 1.25. The van der Waals surface area contributed by atoms with Gasteiger partial charge in [-0.2, -0.15) is 0 Å². The number of rotatable bonds is 1. The molecule has 3 atom stereocenters. The number of anilines is 2. The molecule has 0 radical (unpaired) electrons. The molecule has 320 valence electrons. The molecule has 64 heavy (non-hydrogen) atoms. The van der Waals surface area contributed by atoms with Crippen molar-refractivity contribution in [2.24, 2.45) is 11.3 Å². The Bertz CT molecular complexity index is 3120. The Morgan fingerprint density at radius 3 is 1.61 bits per heavy atom. The normalized spacial score (nSPS) is 24.5. The van der Waals surface area contributed by atoms with Crippen LogP contribution in [0, 0.1) is 11.3 Å². The van der Waals surface area contributed by atoms with Crippen LogP contribution in [0.2, 0.25) is 0 Å². The molecule has 6 aromatic rings. The van der Waals surface area contributed by atoms with Gasteiger partial charge in [0.25, 0.3) is 0 Å². The number of nitrogens with zero attached hydrogens (tertiary/aromatic N) is 1. The van der Waals surface area contributed by atoms with Crippen molar-refractivity contribution >= 4 is 16.9 Å². The second-order valence-corrected chi connectivity index (χ2v) is 23.7. The number of fused-ring (bicyclic) bond motifs is 15. The Kier molecular flexibility index (Phi) is 7.58. The van der Waals surface area contributed by atoms with Crippen LogP contribution in [0.5, 0.6) is 0 Å². The SMILES string of the molecule is CC1C2=C3C(C)(C=CC2(C)C)c2ccccc2N(c2ccc4c(c2)C(C)(C)c2ccccc2-4)C3(C)C2=C1C1(c3ccccc32)c2cc(C(C)(C)C)ccc2-c2ccc(C(C)(C)C)cc21. The van der Waals surface area contributed by atoms with Gasteiger partial charge in [0.15, 0.2) is 0 Å². The van der Waals surface area contributed by atoms with Crippen molar-refractivity contribution in [3.05, 3.63) is 206 Å². The minimum atomic E-state index is -0.558. The average molecular weight is 834 g/mol. The third-order valence-electron chi connectivity index (χ3n) is 17.3. The molecule has 12 rings (SSSR count). The summed E-state index contributed by atoms with van der Waals surface area (Å²) in [4.78, 5) is 2.82. The molecular formula is C63H63N. The van der Waals surface area contributed by atoms with E-state index in [1.165, 1.54) is 89.3 Å². The van der Waals surface area contributed by atoms with Gasteiger partial charge in [0.2, 0.25) is 0 Å². The van der Waals surface area contributed by atoms with E-state index in [1.54, 1.807) is 16.7 Å². The smallest absolute Gasteiger partial charge is 0.0908 e. The van der Waals surface area contributed by atoms with Crippen molar-refractivity contribution in [2.75, 3.05) is 4.90 Å². The molecule has 0 amide bonds. The van der Waals surface area contributed by atoms with Gasteiger partial charge in [-0.15, -0.1) is 0 Å². The lowest BCUT2D eigenvalue weighted by molar-refractivity contribution is 0.399. The first-order chi connectivity index (χ1) is 30.2. The molecule has 0 saturated heterocycles. The second-order valence-electron chi connectivity index (χ2n) is 23.7. The fraction of sp³-hybridized carbons (Fsp3) is 0.333. The van der Waals surface area contributed by atoms with E-state index in [1.807, 2.05) is 0 Å². The lowest BCUT2D eigenvalue weighted by atomic mass is 9.49. The highest BCUT2D eigenvalue weighted by atomic mass is 15.2. The molecular weight excluding hydrogens is 771 g/mol. The van der Waals surface area contributed by atoms with Crippen LogP contribution in [0.25, 0.3) is 27.8 Å². The highest BCUT2D eigenvalue weighted by Crippen LogP contribution is 2.74. The maximum atomic E-state index is 2.82. The van der Waals surface area contributed by atoms with Gasteiger partial charge in [-0.1, -0.05) is 203 Å². The molecule has 1 spiro atoms. The van der Waals surface area contributed by atoms with Crippen LogP contribution >= 0.6 is 0 Å². The molecule has 0 N–H and O–H groups in total. The van der Waals surface area contributed by atoms with E-state index in [9.17, 15) is 0 Å². The molecule has 0 saturated carbocycles. The highest BCUT2D eigenvalue weighted by Gasteiger charge is 2.66. The Morgan fingerprint density at radius 2 is 0.984 bits per heavy atom. The molecule has 0 fully saturated rings. The van der Waals surface area contributed by atoms with Gasteiger partial charge < -0.3 is 4.90 Å². The minimum absolute atomic E-state index is 0.0143. The van der Waals surface area contributed by atoms with Crippen LogP contribution in [0.1, 0.15) is 140 Å². The number of para-hydroxylation sites is 1. The average Bonchev–Trinajstić information content (AvgIpc) is 3.82. The maximum absolute atomic E-state index is 2.82. The van der Waals surface area contributed by atoms with E-state index in [4.69, 9.17) is 0 Å². The summed E-state index contributed by atoms with van der Waals surface area (Å²) < 4.78 is 0. The van der Waals surface area contributed by atoms with Crippen LogP contribution in [0.4, 0.5) is 11.4 Å². The van der Waals surface area contributed by atoms with Crippen molar-refractivity contribution in [3.63, 3.8) is 0 Å². The number of benzene rings is 6. The lowest BCUT2D eigenvalue weighted by Gasteiger charge is -2.62. The van der Waals surface area contributed by atoms with Crippen LogP contribution in [0.3, 0.4) is 0 Å². The third-order valence-corrected chi connectivity index (χ3v) is 17.3. The highest BCUT2D eigenvalue weighted by molar-refractivity contribution is 6.03. The van der Waals surface area contributed by atoms with E-state index >= 15 is 0 Å². The first-order valence-electron chi connectivity index (χ1n) is 23.9. The standard InChI is InChI=1S/C63H63N/c1-37-53-55(45-21-15-17-23-47(45)63(53)50-34-38(57(2,3)4)26-29-43(50)44-30-27-39(35-51(44)63)58(5,6)7)62(13)56-54(37)59(8,9)32-33-61(56,12)48-24-18-19-25-52(48)64(62)40-28-31-42-41-20-14-16-22-46(41)60(10,11)49(42)36-40/h14-37H,1-13H3. The van der Waals surface area contributed by atoms with E-state index in [0.717, 1.165) is 0 Å². The molecule has 1 aliphatic heterocycles. The molecule has 3 unspecified atom stereocenters. The summed E-state index contributed by atoms with van der Waals surface area (Å²) in [7, 11) is 0. The minimum Gasteiger partial charge on any atom is -0.327 e. The zero-order valence-corrected chi connectivity index (χ0v) is 40.3. The van der Waals surface area contributed by atoms with E-state index < -0.39 is 11.0 Å². The van der Waals surface area contributed by atoms with E-state index in [-0.39, 0.29) is 33.0 Å². The second kappa shape index (κ2) is 12.2. The number of hydrogen-bond donors (Lipinski definition) is 0. The fourth-order valence-electron chi connectivity index (χ4n) is 14.4. The summed E-state index contributed by atoms with van der Waals surface area (Å²) in [5.41, 5.74) is 25.2. The largest absolute Gasteiger partial charge is 0.327 e. The third kappa shape index (κ3) is 4.62.